The number of unbranched alkanes of at least 4 members (excludes halogenated alkanes) is 1. The maximum absolute atomic E-state index is 11.8. The summed E-state index contributed by atoms with van der Waals surface area (Å²) in [7, 11) is 0. The van der Waals surface area contributed by atoms with Crippen LogP contribution in [0.25, 0.3) is 0 Å². The zero-order valence-corrected chi connectivity index (χ0v) is 12.8. The van der Waals surface area contributed by atoms with Gasteiger partial charge in [-0.25, -0.2) is 0 Å². The Morgan fingerprint density at radius 1 is 1.42 bits per heavy atom. The zero-order chi connectivity index (χ0) is 14.1. The fraction of sp³-hybridized carbons (Fsp3) is 0.933. The van der Waals surface area contributed by atoms with Gasteiger partial charge in [0.05, 0.1) is 13.2 Å². The molecule has 0 bridgehead atoms. The number of rotatable bonds is 8. The van der Waals surface area contributed by atoms with Crippen molar-refractivity contribution in [2.45, 2.75) is 65.0 Å². The zero-order valence-electron chi connectivity index (χ0n) is 12.8. The topological polar surface area (TPSA) is 41.6 Å². The monoisotopic (exact) mass is 270 g/mol. The molecule has 0 aromatic heterocycles. The molecule has 0 amide bonds. The van der Waals surface area contributed by atoms with E-state index in [-0.39, 0.29) is 5.97 Å². The Hall–Kier alpha value is -0.610. The standard InChI is InChI=1S/C15H30N2O2/c1-4-5-10-19-15(18)12-17-9-7-6-8-14(17)11-16-13(2)3/h13-14,16H,4-12H2,1-3H3. The van der Waals surface area contributed by atoms with Crippen molar-refractivity contribution in [1.82, 2.24) is 10.2 Å². The van der Waals surface area contributed by atoms with Crippen molar-refractivity contribution in [2.24, 2.45) is 0 Å². The SMILES string of the molecule is CCCCOC(=O)CN1CCCCC1CNC(C)C. The van der Waals surface area contributed by atoms with E-state index in [2.05, 4.69) is 31.0 Å². The van der Waals surface area contributed by atoms with Gasteiger partial charge in [0, 0.05) is 18.6 Å². The van der Waals surface area contributed by atoms with Gasteiger partial charge in [0.1, 0.15) is 0 Å². The summed E-state index contributed by atoms with van der Waals surface area (Å²) in [6.07, 6.45) is 5.68. The maximum Gasteiger partial charge on any atom is 0.320 e. The van der Waals surface area contributed by atoms with Crippen LogP contribution in [0.15, 0.2) is 0 Å². The number of ether oxygens (including phenoxy) is 1. The van der Waals surface area contributed by atoms with Crippen LogP contribution in [-0.4, -0.2) is 49.2 Å². The molecule has 0 saturated carbocycles. The first-order valence-electron chi connectivity index (χ1n) is 7.76. The molecular formula is C15H30N2O2. The minimum Gasteiger partial charge on any atom is -0.465 e. The smallest absolute Gasteiger partial charge is 0.320 e. The van der Waals surface area contributed by atoms with Crippen molar-refractivity contribution >= 4 is 5.97 Å². The number of esters is 1. The average Bonchev–Trinajstić information content (AvgIpc) is 2.38. The van der Waals surface area contributed by atoms with Crippen LogP contribution in [0.2, 0.25) is 0 Å². The van der Waals surface area contributed by atoms with Gasteiger partial charge in [-0.3, -0.25) is 9.69 Å². The normalized spacial score (nSPS) is 20.7. The summed E-state index contributed by atoms with van der Waals surface area (Å²) < 4.78 is 5.26. The van der Waals surface area contributed by atoms with Crippen LogP contribution < -0.4 is 5.32 Å². The Bertz CT molecular complexity index is 257. The number of nitrogens with zero attached hydrogens (tertiary/aromatic N) is 1. The van der Waals surface area contributed by atoms with E-state index >= 15 is 0 Å². The number of piperidine rings is 1. The quantitative estimate of drug-likeness (QED) is 0.542. The van der Waals surface area contributed by atoms with Gasteiger partial charge in [0.15, 0.2) is 0 Å². The Morgan fingerprint density at radius 2 is 2.21 bits per heavy atom. The predicted octanol–water partition coefficient (Wildman–Crippen LogP) is 2.18. The third-order valence-electron chi connectivity index (χ3n) is 3.60. The molecule has 1 heterocycles. The molecule has 0 aromatic rings. The lowest BCUT2D eigenvalue weighted by Gasteiger charge is -2.35. The first-order chi connectivity index (χ1) is 9.13. The van der Waals surface area contributed by atoms with Crippen molar-refractivity contribution in [3.63, 3.8) is 0 Å². The maximum atomic E-state index is 11.8. The van der Waals surface area contributed by atoms with Crippen LogP contribution in [-0.2, 0) is 9.53 Å². The summed E-state index contributed by atoms with van der Waals surface area (Å²) in [6.45, 7) is 9.43. The highest BCUT2D eigenvalue weighted by molar-refractivity contribution is 5.71. The molecule has 1 aliphatic rings. The van der Waals surface area contributed by atoms with E-state index < -0.39 is 0 Å². The minimum absolute atomic E-state index is 0.0649. The van der Waals surface area contributed by atoms with Crippen LogP contribution in [0.1, 0.15) is 52.9 Å². The molecule has 0 aromatic carbocycles. The van der Waals surface area contributed by atoms with Gasteiger partial charge in [-0.15, -0.1) is 0 Å². The molecule has 4 nitrogen and oxygen atoms in total. The van der Waals surface area contributed by atoms with Crippen LogP contribution in [0.4, 0.5) is 0 Å². The fourth-order valence-corrected chi connectivity index (χ4v) is 2.41. The number of carbonyl (C=O) groups is 1. The lowest BCUT2D eigenvalue weighted by Crippen LogP contribution is -2.48. The largest absolute Gasteiger partial charge is 0.465 e. The second-order valence-corrected chi connectivity index (χ2v) is 5.76. The molecule has 4 heteroatoms. The van der Waals surface area contributed by atoms with E-state index in [1.165, 1.54) is 19.3 Å². The van der Waals surface area contributed by atoms with Crippen molar-refractivity contribution in [2.75, 3.05) is 26.2 Å². The Morgan fingerprint density at radius 3 is 2.89 bits per heavy atom. The van der Waals surface area contributed by atoms with E-state index in [4.69, 9.17) is 4.74 Å². The second-order valence-electron chi connectivity index (χ2n) is 5.76. The molecule has 1 aliphatic heterocycles. The van der Waals surface area contributed by atoms with Crippen LogP contribution >= 0.6 is 0 Å². The van der Waals surface area contributed by atoms with Gasteiger partial charge in [0.25, 0.3) is 0 Å². The molecule has 0 radical (unpaired) electrons. The molecule has 1 atom stereocenters. The number of hydrogen-bond donors (Lipinski definition) is 1. The number of nitrogens with one attached hydrogen (secondary N) is 1. The fourth-order valence-electron chi connectivity index (χ4n) is 2.41. The molecule has 1 saturated heterocycles. The molecule has 1 unspecified atom stereocenters. The first-order valence-corrected chi connectivity index (χ1v) is 7.76. The number of likely N-dealkylation sites (tertiary alicyclic amines) is 1. The van der Waals surface area contributed by atoms with Crippen molar-refractivity contribution in [3.05, 3.63) is 0 Å². The highest BCUT2D eigenvalue weighted by Gasteiger charge is 2.24. The van der Waals surface area contributed by atoms with E-state index in [1.54, 1.807) is 0 Å². The Labute approximate surface area is 117 Å². The van der Waals surface area contributed by atoms with Crippen LogP contribution in [0.3, 0.4) is 0 Å². The highest BCUT2D eigenvalue weighted by Crippen LogP contribution is 2.16. The number of hydrogen-bond acceptors (Lipinski definition) is 4. The Kier molecular flexibility index (Phi) is 8.07. The second kappa shape index (κ2) is 9.32. The molecule has 112 valence electrons. The van der Waals surface area contributed by atoms with Gasteiger partial charge in [-0.2, -0.15) is 0 Å². The lowest BCUT2D eigenvalue weighted by atomic mass is 10.0. The van der Waals surface area contributed by atoms with Gasteiger partial charge in [-0.05, 0) is 25.8 Å². The van der Waals surface area contributed by atoms with E-state index in [9.17, 15) is 4.79 Å². The third kappa shape index (κ3) is 6.92. The van der Waals surface area contributed by atoms with Crippen LogP contribution in [0, 0.1) is 0 Å². The summed E-state index contributed by atoms with van der Waals surface area (Å²) in [5.74, 6) is -0.0649. The molecular weight excluding hydrogens is 240 g/mol. The third-order valence-corrected chi connectivity index (χ3v) is 3.60. The van der Waals surface area contributed by atoms with Crippen molar-refractivity contribution in [1.29, 1.82) is 0 Å². The van der Waals surface area contributed by atoms with Crippen LogP contribution in [0.5, 0.6) is 0 Å². The minimum atomic E-state index is -0.0649. The van der Waals surface area contributed by atoms with Crippen molar-refractivity contribution in [3.8, 4) is 0 Å². The summed E-state index contributed by atoms with van der Waals surface area (Å²) in [5, 5.41) is 3.48. The molecule has 1 N–H and O–H groups in total. The molecule has 0 spiro atoms. The number of carbonyl (C=O) groups excluding carboxylic acids is 1. The molecule has 1 fully saturated rings. The predicted molar refractivity (Wildman–Crippen MR) is 78.2 cm³/mol. The van der Waals surface area contributed by atoms with Gasteiger partial charge >= 0.3 is 5.97 Å². The van der Waals surface area contributed by atoms with E-state index in [0.29, 0.717) is 25.2 Å². The van der Waals surface area contributed by atoms with E-state index in [0.717, 1.165) is 25.9 Å². The summed E-state index contributed by atoms with van der Waals surface area (Å²) in [5.41, 5.74) is 0. The van der Waals surface area contributed by atoms with Gasteiger partial charge in [-0.1, -0.05) is 33.6 Å². The highest BCUT2D eigenvalue weighted by atomic mass is 16.5. The lowest BCUT2D eigenvalue weighted by molar-refractivity contribution is -0.146. The average molecular weight is 270 g/mol. The molecule has 0 aliphatic carbocycles. The summed E-state index contributed by atoms with van der Waals surface area (Å²) in [6, 6.07) is 0.982. The van der Waals surface area contributed by atoms with E-state index in [1.807, 2.05) is 0 Å². The molecule has 1 rings (SSSR count). The Balaban J connectivity index is 2.32. The van der Waals surface area contributed by atoms with Gasteiger partial charge in [0.2, 0.25) is 0 Å². The van der Waals surface area contributed by atoms with Gasteiger partial charge < -0.3 is 10.1 Å². The van der Waals surface area contributed by atoms with Crippen molar-refractivity contribution < 1.29 is 9.53 Å². The summed E-state index contributed by atoms with van der Waals surface area (Å²) in [4.78, 5) is 14.1. The molecule has 19 heavy (non-hydrogen) atoms. The first kappa shape index (κ1) is 16.4. The summed E-state index contributed by atoms with van der Waals surface area (Å²) >= 11 is 0.